The standard InChI is InChI=1S/C55H82N2/c1-3-5-7-9-11-13-15-17-19-24-28-54(50-38-42-52(56)43-39-50)48-34-30-46(31-35-48)26-22-21-23-27-47-32-36-49(37-33-47)55(51-40-44-53(57)45-41-51)29-25-20-18-16-14-12-10-8-6-4-2/h30-45,54-55H,3-29,56-57H2,1-2H3. The summed E-state index contributed by atoms with van der Waals surface area (Å²) in [4.78, 5) is 0. The molecule has 2 unspecified atom stereocenters. The highest BCUT2D eigenvalue weighted by molar-refractivity contribution is 5.44. The van der Waals surface area contributed by atoms with Gasteiger partial charge in [-0.15, -0.1) is 0 Å². The fourth-order valence-corrected chi connectivity index (χ4v) is 8.85. The second-order valence-corrected chi connectivity index (χ2v) is 17.4. The third kappa shape index (κ3) is 18.7. The molecule has 2 nitrogen and oxygen atoms in total. The summed E-state index contributed by atoms with van der Waals surface area (Å²) in [5.74, 6) is 0.892. The predicted octanol–water partition coefficient (Wildman–Crippen LogP) is 16.7. The zero-order chi connectivity index (χ0) is 40.2. The van der Waals surface area contributed by atoms with Gasteiger partial charge < -0.3 is 11.5 Å². The molecule has 312 valence electrons. The molecule has 0 fully saturated rings. The number of unbranched alkanes of at least 4 members (excludes halogenated alkanes) is 20. The molecule has 4 aromatic rings. The van der Waals surface area contributed by atoms with Crippen LogP contribution in [0.15, 0.2) is 97.1 Å². The van der Waals surface area contributed by atoms with Crippen LogP contribution in [0.25, 0.3) is 0 Å². The van der Waals surface area contributed by atoms with E-state index in [0.717, 1.165) is 24.2 Å². The molecule has 2 heteroatoms. The van der Waals surface area contributed by atoms with E-state index in [0.29, 0.717) is 11.8 Å². The average molecular weight is 771 g/mol. The Hall–Kier alpha value is -3.52. The topological polar surface area (TPSA) is 52.0 Å². The second-order valence-electron chi connectivity index (χ2n) is 17.4. The minimum absolute atomic E-state index is 0.446. The van der Waals surface area contributed by atoms with Crippen molar-refractivity contribution in [3.8, 4) is 0 Å². The van der Waals surface area contributed by atoms with E-state index in [1.807, 2.05) is 0 Å². The van der Waals surface area contributed by atoms with Gasteiger partial charge in [0.1, 0.15) is 0 Å². The van der Waals surface area contributed by atoms with Crippen molar-refractivity contribution in [1.82, 2.24) is 0 Å². The lowest BCUT2D eigenvalue weighted by Crippen LogP contribution is -2.03. The number of nitrogens with two attached hydrogens (primary N) is 2. The summed E-state index contributed by atoms with van der Waals surface area (Å²) in [6.07, 6.45) is 36.1. The summed E-state index contributed by atoms with van der Waals surface area (Å²) in [5.41, 5.74) is 22.5. The van der Waals surface area contributed by atoms with Crippen molar-refractivity contribution < 1.29 is 0 Å². The van der Waals surface area contributed by atoms with Gasteiger partial charge in [-0.05, 0) is 96.2 Å². The molecule has 0 saturated heterocycles. The summed E-state index contributed by atoms with van der Waals surface area (Å²) in [7, 11) is 0. The Bertz CT molecular complexity index is 1420. The number of rotatable bonds is 32. The fourth-order valence-electron chi connectivity index (χ4n) is 8.85. The molecule has 57 heavy (non-hydrogen) atoms. The molecule has 0 amide bonds. The van der Waals surface area contributed by atoms with Crippen molar-refractivity contribution >= 4 is 11.4 Å². The van der Waals surface area contributed by atoms with Gasteiger partial charge in [0.15, 0.2) is 0 Å². The highest BCUT2D eigenvalue weighted by Crippen LogP contribution is 2.33. The maximum Gasteiger partial charge on any atom is 0.0314 e. The Morgan fingerprint density at radius 1 is 0.298 bits per heavy atom. The maximum atomic E-state index is 6.07. The monoisotopic (exact) mass is 771 g/mol. The molecule has 4 N–H and O–H groups in total. The molecular formula is C55H82N2. The molecule has 0 heterocycles. The van der Waals surface area contributed by atoms with E-state index in [1.54, 1.807) is 0 Å². The first-order valence-electron chi connectivity index (χ1n) is 24.0. The molecule has 0 saturated carbocycles. The van der Waals surface area contributed by atoms with Crippen molar-refractivity contribution in [3.63, 3.8) is 0 Å². The highest BCUT2D eigenvalue weighted by Gasteiger charge is 2.16. The first-order chi connectivity index (χ1) is 28.1. The summed E-state index contributed by atoms with van der Waals surface area (Å²) in [5, 5.41) is 0. The minimum atomic E-state index is 0.446. The van der Waals surface area contributed by atoms with Crippen molar-refractivity contribution in [2.45, 2.75) is 199 Å². The van der Waals surface area contributed by atoms with E-state index in [-0.39, 0.29) is 0 Å². The number of hydrogen-bond acceptors (Lipinski definition) is 2. The van der Waals surface area contributed by atoms with Gasteiger partial charge in [0.05, 0.1) is 0 Å². The quantitative estimate of drug-likeness (QED) is 0.0384. The van der Waals surface area contributed by atoms with Gasteiger partial charge in [0.25, 0.3) is 0 Å². The van der Waals surface area contributed by atoms with E-state index >= 15 is 0 Å². The van der Waals surface area contributed by atoms with Crippen LogP contribution in [0.1, 0.15) is 220 Å². The van der Waals surface area contributed by atoms with Crippen LogP contribution >= 0.6 is 0 Å². The highest BCUT2D eigenvalue weighted by atomic mass is 14.5. The van der Waals surface area contributed by atoms with Crippen LogP contribution in [0.5, 0.6) is 0 Å². The normalized spacial score (nSPS) is 12.5. The molecule has 0 radical (unpaired) electrons. The molecule has 0 aliphatic rings. The summed E-state index contributed by atoms with van der Waals surface area (Å²) < 4.78 is 0. The Morgan fingerprint density at radius 3 is 0.842 bits per heavy atom. The molecule has 0 spiro atoms. The number of anilines is 2. The minimum Gasteiger partial charge on any atom is -0.399 e. The molecule has 0 aromatic heterocycles. The number of nitrogen functional groups attached to an aromatic ring is 2. The smallest absolute Gasteiger partial charge is 0.0314 e. The summed E-state index contributed by atoms with van der Waals surface area (Å²) in [6, 6.07) is 36.5. The molecule has 0 aliphatic carbocycles. The Kier molecular flexibility index (Phi) is 23.3. The number of hydrogen-bond donors (Lipinski definition) is 2. The zero-order valence-electron chi connectivity index (χ0n) is 36.6. The molecule has 4 rings (SSSR count). The third-order valence-corrected chi connectivity index (χ3v) is 12.6. The molecule has 0 aliphatic heterocycles. The van der Waals surface area contributed by atoms with Gasteiger partial charge in [0, 0.05) is 23.2 Å². The van der Waals surface area contributed by atoms with Crippen LogP contribution in [0.4, 0.5) is 11.4 Å². The lowest BCUT2D eigenvalue weighted by molar-refractivity contribution is 0.540. The third-order valence-electron chi connectivity index (χ3n) is 12.6. The number of aryl methyl sites for hydroxylation is 2. The number of benzene rings is 4. The van der Waals surface area contributed by atoms with Gasteiger partial charge >= 0.3 is 0 Å². The van der Waals surface area contributed by atoms with E-state index in [4.69, 9.17) is 11.5 Å². The first-order valence-corrected chi connectivity index (χ1v) is 24.0. The van der Waals surface area contributed by atoms with Crippen molar-refractivity contribution in [1.29, 1.82) is 0 Å². The van der Waals surface area contributed by atoms with Crippen molar-refractivity contribution in [2.24, 2.45) is 0 Å². The van der Waals surface area contributed by atoms with Crippen LogP contribution in [0.3, 0.4) is 0 Å². The molecular weight excluding hydrogens is 689 g/mol. The van der Waals surface area contributed by atoms with Crippen LogP contribution in [-0.4, -0.2) is 0 Å². The van der Waals surface area contributed by atoms with Crippen molar-refractivity contribution in [3.05, 3.63) is 130 Å². The van der Waals surface area contributed by atoms with Gasteiger partial charge in [-0.2, -0.15) is 0 Å². The lowest BCUT2D eigenvalue weighted by Gasteiger charge is -2.19. The zero-order valence-corrected chi connectivity index (χ0v) is 36.6. The molecule has 2 atom stereocenters. The lowest BCUT2D eigenvalue weighted by atomic mass is 9.86. The van der Waals surface area contributed by atoms with Crippen LogP contribution in [0, 0.1) is 0 Å². The Labute approximate surface area is 351 Å². The van der Waals surface area contributed by atoms with E-state index in [2.05, 4.69) is 111 Å². The van der Waals surface area contributed by atoms with Gasteiger partial charge in [-0.25, -0.2) is 0 Å². The fraction of sp³-hybridized carbons (Fsp3) is 0.564. The summed E-state index contributed by atoms with van der Waals surface area (Å²) >= 11 is 0. The second kappa shape index (κ2) is 28.8. The van der Waals surface area contributed by atoms with E-state index in [9.17, 15) is 0 Å². The van der Waals surface area contributed by atoms with Gasteiger partial charge in [-0.3, -0.25) is 0 Å². The largest absolute Gasteiger partial charge is 0.399 e. The molecule has 0 bridgehead atoms. The SMILES string of the molecule is CCCCCCCCCCCCC(c1ccc(N)cc1)c1ccc(CCCCCc2ccc(C(CCCCCCCCCCCC)c3ccc(N)cc3)cc2)cc1. The Balaban J connectivity index is 1.18. The van der Waals surface area contributed by atoms with Gasteiger partial charge in [0.2, 0.25) is 0 Å². The van der Waals surface area contributed by atoms with Crippen LogP contribution < -0.4 is 11.5 Å². The predicted molar refractivity (Wildman–Crippen MR) is 252 cm³/mol. The maximum absolute atomic E-state index is 6.07. The van der Waals surface area contributed by atoms with Crippen LogP contribution in [0.2, 0.25) is 0 Å². The summed E-state index contributed by atoms with van der Waals surface area (Å²) in [6.45, 7) is 4.60. The molecule has 4 aromatic carbocycles. The van der Waals surface area contributed by atoms with E-state index < -0.39 is 0 Å². The van der Waals surface area contributed by atoms with Gasteiger partial charge in [-0.1, -0.05) is 221 Å². The van der Waals surface area contributed by atoms with Crippen molar-refractivity contribution in [2.75, 3.05) is 11.5 Å². The van der Waals surface area contributed by atoms with E-state index in [1.165, 1.54) is 194 Å². The van der Waals surface area contributed by atoms with Crippen LogP contribution in [-0.2, 0) is 12.8 Å². The average Bonchev–Trinajstić information content (AvgIpc) is 3.23. The Morgan fingerprint density at radius 2 is 0.544 bits per heavy atom. The first kappa shape index (κ1) is 46.2.